The molecule has 0 saturated carbocycles. The van der Waals surface area contributed by atoms with Gasteiger partial charge >= 0.3 is 18.0 Å². The Labute approximate surface area is 151 Å². The molecule has 1 aliphatic rings. The average Bonchev–Trinajstić information content (AvgIpc) is 2.65. The number of ether oxygens (including phenoxy) is 3. The zero-order valence-electron chi connectivity index (χ0n) is 14.8. The number of nitrogens with one attached hydrogen (secondary N) is 2. The van der Waals surface area contributed by atoms with Crippen LogP contribution in [0.25, 0.3) is 0 Å². The van der Waals surface area contributed by atoms with Crippen LogP contribution in [0.5, 0.6) is 5.75 Å². The van der Waals surface area contributed by atoms with E-state index in [9.17, 15) is 14.4 Å². The van der Waals surface area contributed by atoms with E-state index in [2.05, 4.69) is 10.6 Å². The lowest BCUT2D eigenvalue weighted by Crippen LogP contribution is -2.45. The Kier molecular flexibility index (Phi) is 7.02. The molecule has 0 atom stereocenters. The predicted octanol–water partition coefficient (Wildman–Crippen LogP) is 1.30. The Balaban J connectivity index is 1.88. The van der Waals surface area contributed by atoms with Crippen LogP contribution in [-0.2, 0) is 25.5 Å². The second kappa shape index (κ2) is 9.45. The van der Waals surface area contributed by atoms with Crippen molar-refractivity contribution in [2.24, 2.45) is 0 Å². The van der Waals surface area contributed by atoms with E-state index in [-0.39, 0.29) is 37.6 Å². The second-order valence-electron chi connectivity index (χ2n) is 5.43. The van der Waals surface area contributed by atoms with Crippen molar-refractivity contribution in [2.75, 3.05) is 26.4 Å². The van der Waals surface area contributed by atoms with Gasteiger partial charge in [0.05, 0.1) is 24.4 Å². The maximum absolute atomic E-state index is 11.9. The van der Waals surface area contributed by atoms with E-state index >= 15 is 0 Å². The molecule has 1 aromatic rings. The standard InChI is InChI=1S/C18H22N2O6/c1-3-12-5-7-13(8-6-12)25-11-16(21)26-10-15-14(17(22)24-4-2)9-19-18(23)20-15/h5-8H,3-4,9-11H2,1-2H3,(H2,19,20,23). The van der Waals surface area contributed by atoms with E-state index in [4.69, 9.17) is 14.2 Å². The van der Waals surface area contributed by atoms with Crippen LogP contribution in [-0.4, -0.2) is 44.3 Å². The number of carbonyl (C=O) groups excluding carboxylic acids is 3. The zero-order chi connectivity index (χ0) is 18.9. The van der Waals surface area contributed by atoms with Gasteiger partial charge in [-0.1, -0.05) is 19.1 Å². The fourth-order valence-corrected chi connectivity index (χ4v) is 2.23. The fraction of sp³-hybridized carbons (Fsp3) is 0.389. The molecule has 0 aliphatic carbocycles. The van der Waals surface area contributed by atoms with Crippen LogP contribution >= 0.6 is 0 Å². The van der Waals surface area contributed by atoms with Crippen LogP contribution in [0.2, 0.25) is 0 Å². The van der Waals surface area contributed by atoms with Crippen molar-refractivity contribution in [1.29, 1.82) is 0 Å². The van der Waals surface area contributed by atoms with E-state index in [1.54, 1.807) is 19.1 Å². The summed E-state index contributed by atoms with van der Waals surface area (Å²) in [7, 11) is 0. The molecule has 0 saturated heterocycles. The molecular weight excluding hydrogens is 340 g/mol. The molecule has 8 nitrogen and oxygen atoms in total. The minimum atomic E-state index is -0.618. The van der Waals surface area contributed by atoms with Crippen LogP contribution < -0.4 is 15.4 Å². The van der Waals surface area contributed by atoms with Gasteiger partial charge in [0.1, 0.15) is 12.4 Å². The molecule has 0 bridgehead atoms. The number of hydrogen-bond donors (Lipinski definition) is 2. The average molecular weight is 362 g/mol. The van der Waals surface area contributed by atoms with Crippen molar-refractivity contribution in [1.82, 2.24) is 10.6 Å². The van der Waals surface area contributed by atoms with Crippen molar-refractivity contribution in [3.63, 3.8) is 0 Å². The van der Waals surface area contributed by atoms with Gasteiger partial charge < -0.3 is 24.8 Å². The first-order valence-electron chi connectivity index (χ1n) is 8.34. The molecule has 0 radical (unpaired) electrons. The molecule has 2 amide bonds. The van der Waals surface area contributed by atoms with Crippen LogP contribution in [0.15, 0.2) is 35.5 Å². The van der Waals surface area contributed by atoms with Gasteiger partial charge in [0.15, 0.2) is 6.61 Å². The summed E-state index contributed by atoms with van der Waals surface area (Å²) in [5.74, 6) is -0.632. The highest BCUT2D eigenvalue weighted by atomic mass is 16.6. The molecule has 8 heteroatoms. The number of benzene rings is 1. The first kappa shape index (κ1) is 19.3. The lowest BCUT2D eigenvalue weighted by molar-refractivity contribution is -0.145. The molecule has 0 aromatic heterocycles. The number of carbonyl (C=O) groups is 3. The highest BCUT2D eigenvalue weighted by Gasteiger charge is 2.24. The molecule has 1 heterocycles. The summed E-state index contributed by atoms with van der Waals surface area (Å²) < 4.78 is 15.4. The van der Waals surface area contributed by atoms with Crippen molar-refractivity contribution < 1.29 is 28.6 Å². The number of urea groups is 1. The Hall–Kier alpha value is -3.03. The maximum atomic E-state index is 11.9. The zero-order valence-corrected chi connectivity index (χ0v) is 14.8. The second-order valence-corrected chi connectivity index (χ2v) is 5.43. The molecule has 1 aromatic carbocycles. The SMILES string of the molecule is CCOC(=O)C1=C(COC(=O)COc2ccc(CC)cc2)NC(=O)NC1. The number of hydrogen-bond acceptors (Lipinski definition) is 6. The molecule has 26 heavy (non-hydrogen) atoms. The first-order valence-corrected chi connectivity index (χ1v) is 8.34. The molecule has 0 spiro atoms. The van der Waals surface area contributed by atoms with Gasteiger partial charge in [-0.3, -0.25) is 0 Å². The van der Waals surface area contributed by atoms with E-state index in [0.29, 0.717) is 5.75 Å². The molecular formula is C18H22N2O6. The lowest BCUT2D eigenvalue weighted by Gasteiger charge is -2.21. The first-order chi connectivity index (χ1) is 12.5. The largest absolute Gasteiger partial charge is 0.482 e. The summed E-state index contributed by atoms with van der Waals surface area (Å²) in [5, 5.41) is 4.93. The number of rotatable bonds is 8. The Bertz CT molecular complexity index is 696. The summed E-state index contributed by atoms with van der Waals surface area (Å²) in [4.78, 5) is 35.2. The Morgan fingerprint density at radius 3 is 2.50 bits per heavy atom. The fourth-order valence-electron chi connectivity index (χ4n) is 2.23. The van der Waals surface area contributed by atoms with Crippen molar-refractivity contribution in [3.05, 3.63) is 41.1 Å². The van der Waals surface area contributed by atoms with E-state index < -0.39 is 18.0 Å². The quantitative estimate of drug-likeness (QED) is 0.676. The minimum absolute atomic E-state index is 0.0117. The van der Waals surface area contributed by atoms with Crippen LogP contribution in [0.4, 0.5) is 4.79 Å². The van der Waals surface area contributed by atoms with Crippen LogP contribution in [0.1, 0.15) is 19.4 Å². The van der Waals surface area contributed by atoms with E-state index in [1.165, 1.54) is 5.56 Å². The molecule has 2 N–H and O–H groups in total. The summed E-state index contributed by atoms with van der Waals surface area (Å²) >= 11 is 0. The molecule has 2 rings (SSSR count). The van der Waals surface area contributed by atoms with Gasteiger partial charge in [-0.2, -0.15) is 0 Å². The summed E-state index contributed by atoms with van der Waals surface area (Å²) in [6.07, 6.45) is 0.917. The lowest BCUT2D eigenvalue weighted by atomic mass is 10.2. The minimum Gasteiger partial charge on any atom is -0.482 e. The summed E-state index contributed by atoms with van der Waals surface area (Å²) in [6, 6.07) is 6.92. The van der Waals surface area contributed by atoms with Gasteiger partial charge in [0.2, 0.25) is 0 Å². The number of esters is 2. The maximum Gasteiger partial charge on any atom is 0.344 e. The van der Waals surface area contributed by atoms with E-state index in [0.717, 1.165) is 6.42 Å². The van der Waals surface area contributed by atoms with Gasteiger partial charge in [-0.15, -0.1) is 0 Å². The van der Waals surface area contributed by atoms with Crippen LogP contribution in [0, 0.1) is 0 Å². The highest BCUT2D eigenvalue weighted by molar-refractivity contribution is 5.93. The topological polar surface area (TPSA) is 103 Å². The molecule has 140 valence electrons. The van der Waals surface area contributed by atoms with Gasteiger partial charge in [-0.05, 0) is 31.0 Å². The Morgan fingerprint density at radius 1 is 1.12 bits per heavy atom. The smallest absolute Gasteiger partial charge is 0.344 e. The number of aryl methyl sites for hydroxylation is 1. The van der Waals surface area contributed by atoms with E-state index in [1.807, 2.05) is 19.1 Å². The normalized spacial score (nSPS) is 13.5. The number of amides is 2. The molecule has 0 fully saturated rings. The van der Waals surface area contributed by atoms with Gasteiger partial charge in [-0.25, -0.2) is 14.4 Å². The van der Waals surface area contributed by atoms with Gasteiger partial charge in [0.25, 0.3) is 0 Å². The third kappa shape index (κ3) is 5.51. The van der Waals surface area contributed by atoms with Crippen LogP contribution in [0.3, 0.4) is 0 Å². The third-order valence-electron chi connectivity index (χ3n) is 3.64. The summed E-state index contributed by atoms with van der Waals surface area (Å²) in [6.45, 7) is 3.41. The van der Waals surface area contributed by atoms with Crippen molar-refractivity contribution >= 4 is 18.0 Å². The third-order valence-corrected chi connectivity index (χ3v) is 3.64. The van der Waals surface area contributed by atoms with Crippen molar-refractivity contribution in [2.45, 2.75) is 20.3 Å². The van der Waals surface area contributed by atoms with Crippen molar-refractivity contribution in [3.8, 4) is 5.75 Å². The molecule has 0 unspecified atom stereocenters. The predicted molar refractivity (Wildman–Crippen MR) is 92.5 cm³/mol. The Morgan fingerprint density at radius 2 is 1.85 bits per heavy atom. The summed E-state index contributed by atoms with van der Waals surface area (Å²) in [5.41, 5.74) is 1.59. The molecule has 1 aliphatic heterocycles. The monoisotopic (exact) mass is 362 g/mol. The highest BCUT2D eigenvalue weighted by Crippen LogP contribution is 2.13. The van der Waals surface area contributed by atoms with Gasteiger partial charge in [0, 0.05) is 0 Å².